The number of pyridine rings is 1. The monoisotopic (exact) mass is 270 g/mol. The smallest absolute Gasteiger partial charge is 0.339 e. The first-order valence-corrected chi connectivity index (χ1v) is 6.67. The Kier molecular flexibility index (Phi) is 4.35. The number of aromatic nitrogens is 1. The summed E-state index contributed by atoms with van der Waals surface area (Å²) < 4.78 is 0. The third kappa shape index (κ3) is 2.96. The average Bonchev–Trinajstić information content (AvgIpc) is 2.46. The first kappa shape index (κ1) is 14.1. The fourth-order valence-corrected chi connectivity index (χ4v) is 2.04. The Morgan fingerprint density at radius 3 is 2.60 bits per heavy atom. The van der Waals surface area contributed by atoms with Crippen molar-refractivity contribution in [2.45, 2.75) is 20.3 Å². The van der Waals surface area contributed by atoms with Gasteiger partial charge in [0.2, 0.25) is 0 Å². The van der Waals surface area contributed by atoms with Gasteiger partial charge in [-0.2, -0.15) is 0 Å². The highest BCUT2D eigenvalue weighted by Gasteiger charge is 2.15. The summed E-state index contributed by atoms with van der Waals surface area (Å²) in [6.07, 6.45) is 0.912. The molecule has 0 spiro atoms. The highest BCUT2D eigenvalue weighted by molar-refractivity contribution is 5.94. The number of benzene rings is 1. The Labute approximate surface area is 118 Å². The fraction of sp³-hybridized carbons (Fsp3) is 0.250. The first-order valence-electron chi connectivity index (χ1n) is 6.67. The minimum absolute atomic E-state index is 0.218. The molecule has 1 heterocycles. The minimum atomic E-state index is -0.959. The third-order valence-electron chi connectivity index (χ3n) is 3.03. The van der Waals surface area contributed by atoms with Gasteiger partial charge in [0.05, 0.1) is 5.69 Å². The van der Waals surface area contributed by atoms with Gasteiger partial charge >= 0.3 is 5.97 Å². The number of hydrogen-bond acceptors (Lipinski definition) is 3. The van der Waals surface area contributed by atoms with Crippen molar-refractivity contribution in [3.8, 4) is 11.3 Å². The molecule has 0 aliphatic carbocycles. The lowest BCUT2D eigenvalue weighted by Crippen LogP contribution is -2.10. The zero-order valence-corrected chi connectivity index (χ0v) is 11.7. The maximum Gasteiger partial charge on any atom is 0.339 e. The van der Waals surface area contributed by atoms with Gasteiger partial charge < -0.3 is 10.4 Å². The second-order valence-electron chi connectivity index (χ2n) is 4.65. The molecule has 0 aliphatic heterocycles. The van der Waals surface area contributed by atoms with Crippen LogP contribution in [0.5, 0.6) is 0 Å². The summed E-state index contributed by atoms with van der Waals surface area (Å²) in [6, 6.07) is 11.5. The number of aromatic carboxylic acids is 1. The molecular formula is C16H18N2O2. The van der Waals surface area contributed by atoms with E-state index in [2.05, 4.69) is 10.3 Å². The largest absolute Gasteiger partial charge is 0.478 e. The molecule has 0 bridgehead atoms. The first-order chi connectivity index (χ1) is 9.63. The van der Waals surface area contributed by atoms with Gasteiger partial charge in [0.25, 0.3) is 0 Å². The van der Waals surface area contributed by atoms with E-state index in [1.54, 1.807) is 6.07 Å². The van der Waals surface area contributed by atoms with Crippen LogP contribution in [0.25, 0.3) is 11.3 Å². The summed E-state index contributed by atoms with van der Waals surface area (Å²) in [5, 5.41) is 12.4. The molecule has 2 rings (SSSR count). The molecule has 4 nitrogen and oxygen atoms in total. The molecule has 0 unspecified atom stereocenters. The van der Waals surface area contributed by atoms with E-state index in [9.17, 15) is 9.90 Å². The van der Waals surface area contributed by atoms with Gasteiger partial charge in [-0.25, -0.2) is 9.78 Å². The number of anilines is 1. The zero-order chi connectivity index (χ0) is 14.5. The molecule has 0 saturated carbocycles. The van der Waals surface area contributed by atoms with Crippen LogP contribution in [-0.2, 0) is 0 Å². The summed E-state index contributed by atoms with van der Waals surface area (Å²) in [5.74, 6) is -0.525. The highest BCUT2D eigenvalue weighted by atomic mass is 16.4. The highest BCUT2D eigenvalue weighted by Crippen LogP contribution is 2.25. The maximum atomic E-state index is 11.3. The predicted octanol–water partition coefficient (Wildman–Crippen LogP) is 3.58. The standard InChI is InChI=1S/C16H18N2O2/c1-3-9-17-15-13(16(19)20)10-11(2)14(18-15)12-7-5-4-6-8-12/h4-8,10H,3,9H2,1-2H3,(H,17,18)(H,19,20). The Balaban J connectivity index is 2.51. The number of carboxylic acid groups (broad SMARTS) is 1. The predicted molar refractivity (Wildman–Crippen MR) is 80.2 cm³/mol. The van der Waals surface area contributed by atoms with E-state index < -0.39 is 5.97 Å². The zero-order valence-electron chi connectivity index (χ0n) is 11.7. The van der Waals surface area contributed by atoms with E-state index in [-0.39, 0.29) is 5.56 Å². The van der Waals surface area contributed by atoms with E-state index in [1.165, 1.54) is 0 Å². The van der Waals surface area contributed by atoms with E-state index in [0.717, 1.165) is 23.2 Å². The van der Waals surface area contributed by atoms with Crippen molar-refractivity contribution >= 4 is 11.8 Å². The normalized spacial score (nSPS) is 10.3. The van der Waals surface area contributed by atoms with Crippen molar-refractivity contribution in [1.82, 2.24) is 4.98 Å². The Morgan fingerprint density at radius 2 is 2.00 bits per heavy atom. The Morgan fingerprint density at radius 1 is 1.30 bits per heavy atom. The number of carboxylic acids is 1. The van der Waals surface area contributed by atoms with Gasteiger partial charge in [-0.1, -0.05) is 37.3 Å². The molecule has 0 amide bonds. The van der Waals surface area contributed by atoms with E-state index >= 15 is 0 Å². The molecule has 104 valence electrons. The van der Waals surface area contributed by atoms with Crippen LogP contribution in [0.1, 0.15) is 29.3 Å². The quantitative estimate of drug-likeness (QED) is 0.871. The summed E-state index contributed by atoms with van der Waals surface area (Å²) in [5.41, 5.74) is 2.88. The second kappa shape index (κ2) is 6.19. The van der Waals surface area contributed by atoms with Crippen LogP contribution < -0.4 is 5.32 Å². The summed E-state index contributed by atoms with van der Waals surface area (Å²) in [6.45, 7) is 4.61. The molecule has 2 N–H and O–H groups in total. The van der Waals surface area contributed by atoms with Gasteiger partial charge in [-0.3, -0.25) is 0 Å². The number of nitrogens with zero attached hydrogens (tertiary/aromatic N) is 1. The number of aryl methyl sites for hydroxylation is 1. The minimum Gasteiger partial charge on any atom is -0.478 e. The van der Waals surface area contributed by atoms with Crippen LogP contribution in [0.15, 0.2) is 36.4 Å². The molecule has 1 aromatic carbocycles. The molecule has 0 saturated heterocycles. The lowest BCUT2D eigenvalue weighted by Gasteiger charge is -2.12. The van der Waals surface area contributed by atoms with Gasteiger partial charge in [-0.15, -0.1) is 0 Å². The van der Waals surface area contributed by atoms with Gasteiger partial charge in [0, 0.05) is 12.1 Å². The average molecular weight is 270 g/mol. The Bertz CT molecular complexity index is 609. The van der Waals surface area contributed by atoms with Crippen LogP contribution in [0.4, 0.5) is 5.82 Å². The van der Waals surface area contributed by atoms with Crippen molar-refractivity contribution in [1.29, 1.82) is 0 Å². The molecule has 0 atom stereocenters. The molecule has 2 aromatic rings. The van der Waals surface area contributed by atoms with Gasteiger partial charge in [0.1, 0.15) is 11.4 Å². The van der Waals surface area contributed by atoms with Gasteiger partial charge in [-0.05, 0) is 25.0 Å². The number of nitrogens with one attached hydrogen (secondary N) is 1. The van der Waals surface area contributed by atoms with Crippen molar-refractivity contribution in [2.24, 2.45) is 0 Å². The molecule has 0 aliphatic rings. The second-order valence-corrected chi connectivity index (χ2v) is 4.65. The van der Waals surface area contributed by atoms with E-state index in [0.29, 0.717) is 12.4 Å². The molecule has 1 aromatic heterocycles. The van der Waals surface area contributed by atoms with E-state index in [4.69, 9.17) is 0 Å². The van der Waals surface area contributed by atoms with Crippen LogP contribution in [-0.4, -0.2) is 22.6 Å². The van der Waals surface area contributed by atoms with Crippen LogP contribution in [0.3, 0.4) is 0 Å². The summed E-state index contributed by atoms with van der Waals surface area (Å²) in [7, 11) is 0. The Hall–Kier alpha value is -2.36. The molecule has 0 fully saturated rings. The molecule has 4 heteroatoms. The number of hydrogen-bond donors (Lipinski definition) is 2. The summed E-state index contributed by atoms with van der Waals surface area (Å²) in [4.78, 5) is 15.8. The third-order valence-corrected chi connectivity index (χ3v) is 3.03. The van der Waals surface area contributed by atoms with E-state index in [1.807, 2.05) is 44.2 Å². The molecule has 0 radical (unpaired) electrons. The van der Waals surface area contributed by atoms with Crippen LogP contribution >= 0.6 is 0 Å². The SMILES string of the molecule is CCCNc1nc(-c2ccccc2)c(C)cc1C(=O)O. The van der Waals surface area contributed by atoms with Crippen LogP contribution in [0.2, 0.25) is 0 Å². The fourth-order valence-electron chi connectivity index (χ4n) is 2.04. The number of rotatable bonds is 5. The lowest BCUT2D eigenvalue weighted by atomic mass is 10.0. The van der Waals surface area contributed by atoms with Crippen molar-refractivity contribution < 1.29 is 9.90 Å². The number of carbonyl (C=O) groups is 1. The molecule has 20 heavy (non-hydrogen) atoms. The van der Waals surface area contributed by atoms with Crippen LogP contribution in [0, 0.1) is 6.92 Å². The van der Waals surface area contributed by atoms with Crippen molar-refractivity contribution in [2.75, 3.05) is 11.9 Å². The molecular weight excluding hydrogens is 252 g/mol. The maximum absolute atomic E-state index is 11.3. The topological polar surface area (TPSA) is 62.2 Å². The summed E-state index contributed by atoms with van der Waals surface area (Å²) >= 11 is 0. The van der Waals surface area contributed by atoms with Gasteiger partial charge in [0.15, 0.2) is 0 Å². The van der Waals surface area contributed by atoms with Crippen molar-refractivity contribution in [3.05, 3.63) is 47.5 Å². The van der Waals surface area contributed by atoms with Crippen molar-refractivity contribution in [3.63, 3.8) is 0 Å². The lowest BCUT2D eigenvalue weighted by molar-refractivity contribution is 0.0697.